The van der Waals surface area contributed by atoms with Crippen LogP contribution < -0.4 is 0 Å². The van der Waals surface area contributed by atoms with Crippen LogP contribution in [0.3, 0.4) is 0 Å². The molecule has 1 aromatic carbocycles. The summed E-state index contributed by atoms with van der Waals surface area (Å²) in [5.41, 5.74) is 0.924. The number of rotatable bonds is 3. The molecule has 0 atom stereocenters. The van der Waals surface area contributed by atoms with Gasteiger partial charge >= 0.3 is 5.97 Å². The highest BCUT2D eigenvalue weighted by atomic mass is 16.5. The fourth-order valence-corrected chi connectivity index (χ4v) is 1.49. The van der Waals surface area contributed by atoms with Crippen molar-refractivity contribution in [3.05, 3.63) is 53.4 Å². The largest absolute Gasteiger partial charge is 0.455 e. The lowest BCUT2D eigenvalue weighted by atomic mass is 10.2. The van der Waals surface area contributed by atoms with E-state index in [0.29, 0.717) is 11.6 Å². The number of benzene rings is 1. The number of aromatic nitrogens is 3. The molecule has 0 aliphatic heterocycles. The van der Waals surface area contributed by atoms with Crippen LogP contribution in [0.4, 0.5) is 0 Å². The zero-order valence-electron chi connectivity index (χ0n) is 10.3. The molecular formula is C13H13N3O2. The highest BCUT2D eigenvalue weighted by Crippen LogP contribution is 2.03. The minimum absolute atomic E-state index is 0.0518. The zero-order chi connectivity index (χ0) is 13.0. The summed E-state index contributed by atoms with van der Waals surface area (Å²) in [5, 5.41) is 0. The lowest BCUT2D eigenvalue weighted by Crippen LogP contribution is -2.12. The van der Waals surface area contributed by atoms with Crippen LogP contribution in [-0.2, 0) is 11.3 Å². The van der Waals surface area contributed by atoms with E-state index < -0.39 is 5.97 Å². The van der Waals surface area contributed by atoms with Gasteiger partial charge in [-0.2, -0.15) is 0 Å². The lowest BCUT2D eigenvalue weighted by molar-refractivity contribution is 0.0457. The smallest absolute Gasteiger partial charge is 0.376 e. The molecule has 0 amide bonds. The first-order valence-corrected chi connectivity index (χ1v) is 5.55. The molecule has 0 aliphatic rings. The summed E-state index contributed by atoms with van der Waals surface area (Å²) in [6.45, 7) is 3.63. The van der Waals surface area contributed by atoms with Gasteiger partial charge in [0.2, 0.25) is 5.82 Å². The predicted octanol–water partition coefficient (Wildman–Crippen LogP) is 1.85. The summed E-state index contributed by atoms with van der Waals surface area (Å²) in [4.78, 5) is 23.7. The van der Waals surface area contributed by atoms with E-state index in [0.717, 1.165) is 5.56 Å². The van der Waals surface area contributed by atoms with Gasteiger partial charge in [0.05, 0.1) is 0 Å². The van der Waals surface area contributed by atoms with Gasteiger partial charge in [-0.3, -0.25) is 0 Å². The highest BCUT2D eigenvalue weighted by Gasteiger charge is 2.12. The molecule has 5 nitrogen and oxygen atoms in total. The molecule has 0 radical (unpaired) electrons. The van der Waals surface area contributed by atoms with Crippen LogP contribution in [-0.4, -0.2) is 20.9 Å². The van der Waals surface area contributed by atoms with Gasteiger partial charge in [-0.1, -0.05) is 30.3 Å². The number of esters is 1. The van der Waals surface area contributed by atoms with Gasteiger partial charge < -0.3 is 4.74 Å². The van der Waals surface area contributed by atoms with E-state index in [4.69, 9.17) is 4.74 Å². The molecule has 2 rings (SSSR count). The Labute approximate surface area is 105 Å². The van der Waals surface area contributed by atoms with Crippen molar-refractivity contribution in [1.29, 1.82) is 0 Å². The van der Waals surface area contributed by atoms with Crippen LogP contribution in [0.15, 0.2) is 30.3 Å². The Morgan fingerprint density at radius 2 is 1.67 bits per heavy atom. The van der Waals surface area contributed by atoms with Gasteiger partial charge in [0.25, 0.3) is 0 Å². The summed E-state index contributed by atoms with van der Waals surface area (Å²) in [6, 6.07) is 9.46. The standard InChI is InChI=1S/C13H13N3O2/c1-9-14-10(2)16-12(15-9)13(17)18-8-11-6-4-3-5-7-11/h3-7H,8H2,1-2H3. The third-order valence-electron chi connectivity index (χ3n) is 2.25. The van der Waals surface area contributed by atoms with Crippen LogP contribution in [0, 0.1) is 13.8 Å². The molecule has 0 N–H and O–H groups in total. The number of hydrogen-bond donors (Lipinski definition) is 0. The second kappa shape index (κ2) is 5.35. The summed E-state index contributed by atoms with van der Waals surface area (Å²) >= 11 is 0. The second-order valence-corrected chi connectivity index (χ2v) is 3.82. The molecule has 0 spiro atoms. The maximum atomic E-state index is 11.7. The Balaban J connectivity index is 2.04. The number of carbonyl (C=O) groups excluding carboxylic acids is 1. The molecule has 0 saturated heterocycles. The van der Waals surface area contributed by atoms with Gasteiger partial charge in [0, 0.05) is 0 Å². The molecule has 92 valence electrons. The molecule has 0 fully saturated rings. The Hall–Kier alpha value is -2.30. The van der Waals surface area contributed by atoms with Crippen LogP contribution in [0.1, 0.15) is 27.8 Å². The average Bonchev–Trinajstić information content (AvgIpc) is 2.36. The maximum absolute atomic E-state index is 11.7. The van der Waals surface area contributed by atoms with Crippen LogP contribution in [0.25, 0.3) is 0 Å². The van der Waals surface area contributed by atoms with E-state index in [-0.39, 0.29) is 12.4 Å². The van der Waals surface area contributed by atoms with E-state index >= 15 is 0 Å². The van der Waals surface area contributed by atoms with Crippen molar-refractivity contribution in [1.82, 2.24) is 15.0 Å². The quantitative estimate of drug-likeness (QED) is 0.770. The summed E-state index contributed by atoms with van der Waals surface area (Å²) < 4.78 is 5.13. The number of carbonyl (C=O) groups is 1. The van der Waals surface area contributed by atoms with E-state index in [2.05, 4.69) is 15.0 Å². The summed E-state index contributed by atoms with van der Waals surface area (Å²) in [5.74, 6) is 0.534. The van der Waals surface area contributed by atoms with Crippen molar-refractivity contribution >= 4 is 5.97 Å². The van der Waals surface area contributed by atoms with Crippen molar-refractivity contribution in [3.8, 4) is 0 Å². The second-order valence-electron chi connectivity index (χ2n) is 3.82. The van der Waals surface area contributed by atoms with Gasteiger partial charge in [-0.25, -0.2) is 19.7 Å². The average molecular weight is 243 g/mol. The molecule has 0 aliphatic carbocycles. The monoisotopic (exact) mass is 243 g/mol. The molecule has 0 saturated carbocycles. The van der Waals surface area contributed by atoms with Crippen LogP contribution >= 0.6 is 0 Å². The van der Waals surface area contributed by atoms with Crippen molar-refractivity contribution < 1.29 is 9.53 Å². The fraction of sp³-hybridized carbons (Fsp3) is 0.231. The van der Waals surface area contributed by atoms with Gasteiger partial charge in [0.1, 0.15) is 18.3 Å². The third kappa shape index (κ3) is 3.10. The molecule has 0 bridgehead atoms. The van der Waals surface area contributed by atoms with Crippen molar-refractivity contribution in [2.75, 3.05) is 0 Å². The fourth-order valence-electron chi connectivity index (χ4n) is 1.49. The van der Waals surface area contributed by atoms with Crippen molar-refractivity contribution in [2.24, 2.45) is 0 Å². The molecule has 18 heavy (non-hydrogen) atoms. The number of ether oxygens (including phenoxy) is 1. The summed E-state index contributed by atoms with van der Waals surface area (Å²) in [7, 11) is 0. The SMILES string of the molecule is Cc1nc(C)nc(C(=O)OCc2ccccc2)n1. The topological polar surface area (TPSA) is 65.0 Å². The maximum Gasteiger partial charge on any atom is 0.376 e. The van der Waals surface area contributed by atoms with Crippen LogP contribution in [0.5, 0.6) is 0 Å². The van der Waals surface area contributed by atoms with E-state index in [1.807, 2.05) is 30.3 Å². The van der Waals surface area contributed by atoms with Gasteiger partial charge in [-0.05, 0) is 19.4 Å². The molecule has 0 unspecified atom stereocenters. The Morgan fingerprint density at radius 1 is 1.06 bits per heavy atom. The Bertz CT molecular complexity index is 535. The lowest BCUT2D eigenvalue weighted by Gasteiger charge is -2.04. The number of hydrogen-bond acceptors (Lipinski definition) is 5. The molecule has 2 aromatic rings. The minimum atomic E-state index is -0.535. The Morgan fingerprint density at radius 3 is 2.28 bits per heavy atom. The first-order chi connectivity index (χ1) is 8.65. The van der Waals surface area contributed by atoms with Crippen molar-refractivity contribution in [2.45, 2.75) is 20.5 Å². The third-order valence-corrected chi connectivity index (χ3v) is 2.25. The van der Waals surface area contributed by atoms with E-state index in [1.54, 1.807) is 13.8 Å². The molecular weight excluding hydrogens is 230 g/mol. The molecule has 1 aromatic heterocycles. The zero-order valence-corrected chi connectivity index (χ0v) is 10.3. The van der Waals surface area contributed by atoms with E-state index in [9.17, 15) is 4.79 Å². The first-order valence-electron chi connectivity index (χ1n) is 5.55. The normalized spacial score (nSPS) is 10.1. The minimum Gasteiger partial charge on any atom is -0.455 e. The molecule has 5 heteroatoms. The highest BCUT2D eigenvalue weighted by molar-refractivity contribution is 5.85. The first kappa shape index (κ1) is 12.2. The van der Waals surface area contributed by atoms with Gasteiger partial charge in [0.15, 0.2) is 0 Å². The number of aryl methyl sites for hydroxylation is 2. The van der Waals surface area contributed by atoms with Crippen LogP contribution in [0.2, 0.25) is 0 Å². The van der Waals surface area contributed by atoms with Gasteiger partial charge in [-0.15, -0.1) is 0 Å². The number of nitrogens with zero attached hydrogens (tertiary/aromatic N) is 3. The predicted molar refractivity (Wildman–Crippen MR) is 64.9 cm³/mol. The molecule has 1 heterocycles. The van der Waals surface area contributed by atoms with E-state index in [1.165, 1.54) is 0 Å². The Kier molecular flexibility index (Phi) is 3.62. The summed E-state index contributed by atoms with van der Waals surface area (Å²) in [6.07, 6.45) is 0. The van der Waals surface area contributed by atoms with Crippen molar-refractivity contribution in [3.63, 3.8) is 0 Å².